The summed E-state index contributed by atoms with van der Waals surface area (Å²) in [7, 11) is 0. The number of aliphatic hydroxyl groups is 1. The molecule has 89 heavy (non-hydrogen) atoms. The number of hydrogen-bond donors (Lipinski definition) is 8. The molecule has 2 fully saturated rings. The number of nitrogens with zero attached hydrogens (tertiary/aromatic N) is 3. The molecule has 5 amide bonds. The number of aliphatic imine (C=N–C) groups is 2. The normalized spacial score (nSPS) is 18.4. The lowest BCUT2D eigenvalue weighted by molar-refractivity contribution is -0.142. The number of rotatable bonds is 36. The van der Waals surface area contributed by atoms with Gasteiger partial charge in [-0.2, -0.15) is 0 Å². The van der Waals surface area contributed by atoms with E-state index in [1.807, 2.05) is 51.1 Å². The van der Waals surface area contributed by atoms with Gasteiger partial charge in [-0.1, -0.05) is 57.2 Å². The van der Waals surface area contributed by atoms with Gasteiger partial charge in [-0.05, 0) is 121 Å². The van der Waals surface area contributed by atoms with Crippen LogP contribution in [-0.2, 0) is 65.5 Å². The largest absolute Gasteiger partial charge is 0.508 e. The fourth-order valence-corrected chi connectivity index (χ4v) is 11.8. The summed E-state index contributed by atoms with van der Waals surface area (Å²) in [4.78, 5) is 155. The molecule has 3 aliphatic rings. The summed E-state index contributed by atoms with van der Waals surface area (Å²) in [6, 6.07) is 7.60. The summed E-state index contributed by atoms with van der Waals surface area (Å²) in [5, 5.41) is 33.2. The minimum atomic E-state index is -1.59. The van der Waals surface area contributed by atoms with Crippen molar-refractivity contribution in [1.82, 2.24) is 31.2 Å². The number of ether oxygens (including phenoxy) is 1. The van der Waals surface area contributed by atoms with E-state index in [0.717, 1.165) is 10.9 Å². The monoisotopic (exact) mass is 1230 g/mol. The minimum absolute atomic E-state index is 0.00623. The summed E-state index contributed by atoms with van der Waals surface area (Å²) < 4.78 is 6.13. The maximum Gasteiger partial charge on any atom is 0.245 e. The number of aromatic amines is 1. The fourth-order valence-electron chi connectivity index (χ4n) is 11.8. The van der Waals surface area contributed by atoms with E-state index in [9.17, 15) is 58.2 Å². The number of aromatic hydroxyl groups is 1. The van der Waals surface area contributed by atoms with Crippen LogP contribution in [-0.4, -0.2) is 153 Å². The summed E-state index contributed by atoms with van der Waals surface area (Å²) in [5.74, 6) is -8.69. The van der Waals surface area contributed by atoms with Crippen molar-refractivity contribution < 1.29 is 62.9 Å². The molecule has 6 rings (SSSR count). The van der Waals surface area contributed by atoms with Gasteiger partial charge < -0.3 is 51.8 Å². The van der Waals surface area contributed by atoms with Gasteiger partial charge >= 0.3 is 0 Å². The highest BCUT2D eigenvalue weighted by Crippen LogP contribution is 2.28. The number of amides is 5. The third-order valence-corrected chi connectivity index (χ3v) is 16.5. The predicted molar refractivity (Wildman–Crippen MR) is 337 cm³/mol. The van der Waals surface area contributed by atoms with Crippen molar-refractivity contribution in [2.24, 2.45) is 45.3 Å². The van der Waals surface area contributed by atoms with E-state index < -0.39 is 126 Å². The Kier molecular flexibility index (Phi) is 26.7. The van der Waals surface area contributed by atoms with Crippen LogP contribution >= 0.6 is 0 Å². The van der Waals surface area contributed by atoms with Gasteiger partial charge in [0.15, 0.2) is 23.1 Å². The molecule has 22 nitrogen and oxygen atoms in total. The number of allylic oxidation sites excluding steroid dienone is 1. The molecule has 9 unspecified atom stereocenters. The molecule has 9 atom stereocenters. The van der Waals surface area contributed by atoms with Crippen molar-refractivity contribution in [2.75, 3.05) is 26.3 Å². The van der Waals surface area contributed by atoms with Gasteiger partial charge in [-0.3, -0.25) is 57.9 Å². The van der Waals surface area contributed by atoms with Crippen LogP contribution in [0.4, 0.5) is 0 Å². The van der Waals surface area contributed by atoms with Gasteiger partial charge in [0, 0.05) is 117 Å². The molecular formula is C67H93N9O13. The Bertz CT molecular complexity index is 3080. The molecule has 0 bridgehead atoms. The van der Waals surface area contributed by atoms with E-state index in [4.69, 9.17) is 10.5 Å². The van der Waals surface area contributed by atoms with Crippen molar-refractivity contribution in [1.29, 1.82) is 0 Å². The molecule has 1 saturated carbocycles. The Morgan fingerprint density at radius 3 is 2.09 bits per heavy atom. The predicted octanol–water partition coefficient (Wildman–Crippen LogP) is 5.81. The summed E-state index contributed by atoms with van der Waals surface area (Å²) in [6.45, 7) is 12.0. The second-order valence-electron chi connectivity index (χ2n) is 25.5. The number of Topliss-reactive ketones (excluding diaryl/α,β-unsaturated/α-hetero) is 5. The summed E-state index contributed by atoms with van der Waals surface area (Å²) in [6.07, 6.45) is 7.83. The van der Waals surface area contributed by atoms with Crippen LogP contribution in [0, 0.1) is 29.6 Å². The number of phenols is 1. The van der Waals surface area contributed by atoms with Crippen LogP contribution < -0.4 is 27.0 Å². The maximum absolute atomic E-state index is 14.9. The number of amidine groups is 1. The second-order valence-corrected chi connectivity index (χ2v) is 25.5. The minimum Gasteiger partial charge on any atom is -0.508 e. The fraction of sp³-hybridized carbons (Fsp3) is 0.582. The third-order valence-electron chi connectivity index (χ3n) is 16.5. The summed E-state index contributed by atoms with van der Waals surface area (Å²) >= 11 is 0. The highest BCUT2D eigenvalue weighted by Gasteiger charge is 2.40. The molecule has 1 aliphatic carbocycles. The number of aliphatic hydroxyl groups excluding tert-OH is 1. The number of fused-ring (bicyclic) bond motifs is 1. The molecule has 9 N–H and O–H groups in total. The lowest BCUT2D eigenvalue weighted by atomic mass is 9.88. The van der Waals surface area contributed by atoms with Crippen molar-refractivity contribution >= 4 is 81.4 Å². The lowest BCUT2D eigenvalue weighted by Gasteiger charge is -2.30. The average Bonchev–Trinajstić information content (AvgIpc) is 2.38. The zero-order chi connectivity index (χ0) is 65.0. The highest BCUT2D eigenvalue weighted by atomic mass is 16.5. The second kappa shape index (κ2) is 33.7. The van der Waals surface area contributed by atoms with Crippen molar-refractivity contribution in [3.8, 4) is 5.75 Å². The molecule has 22 heteroatoms. The Balaban J connectivity index is 1.24. The number of likely N-dealkylation sites (tertiary alicyclic amines) is 1. The first kappa shape index (κ1) is 70.4. The van der Waals surface area contributed by atoms with Gasteiger partial charge in [0.1, 0.15) is 29.7 Å². The SMILES string of the molecule is CCCC(=O)C1CCCN1C(=O)C(CCCN=C(C)N)NC(=O)C(CC(=O)C(COC(C)(C)C)NC(=O)C(CC(=O)C(CO)NC(=O)C(CC(=O)C(CC1=CCC=N1)NC(=O)C1CCC(=O)C1)Cc1c[nH]c2ccccc12)Cc1ccc(O)cc1)CC(C)C. The topological polar surface area (TPSA) is 338 Å². The number of carbonyl (C=O) groups is 10. The van der Waals surface area contributed by atoms with Gasteiger partial charge in [-0.15, -0.1) is 0 Å². The zero-order valence-electron chi connectivity index (χ0n) is 52.8. The third kappa shape index (κ3) is 21.8. The smallest absolute Gasteiger partial charge is 0.245 e. The molecule has 2 aliphatic heterocycles. The maximum atomic E-state index is 14.9. The number of carbonyl (C=O) groups excluding carboxylic acids is 10. The van der Waals surface area contributed by atoms with Gasteiger partial charge in [0.05, 0.1) is 36.7 Å². The van der Waals surface area contributed by atoms with Crippen LogP contribution in [0.15, 0.2) is 76.5 Å². The van der Waals surface area contributed by atoms with Gasteiger partial charge in [0.25, 0.3) is 0 Å². The average molecular weight is 1230 g/mol. The Morgan fingerprint density at radius 1 is 0.820 bits per heavy atom. The number of hydrogen-bond acceptors (Lipinski definition) is 15. The van der Waals surface area contributed by atoms with Crippen LogP contribution in [0.2, 0.25) is 0 Å². The first-order valence-corrected chi connectivity index (χ1v) is 31.5. The Labute approximate surface area is 521 Å². The van der Waals surface area contributed by atoms with E-state index in [-0.39, 0.29) is 81.2 Å². The van der Waals surface area contributed by atoms with Crippen LogP contribution in [0.5, 0.6) is 5.75 Å². The van der Waals surface area contributed by atoms with E-state index in [2.05, 4.69) is 36.2 Å². The Morgan fingerprint density at radius 2 is 1.46 bits per heavy atom. The number of benzene rings is 2. The van der Waals surface area contributed by atoms with E-state index in [0.29, 0.717) is 80.7 Å². The molecule has 1 aromatic heterocycles. The molecule has 3 aromatic rings. The molecule has 484 valence electrons. The molecular weight excluding hydrogens is 1140 g/mol. The molecule has 0 spiro atoms. The number of nitrogens with one attached hydrogen (secondary N) is 5. The summed E-state index contributed by atoms with van der Waals surface area (Å²) in [5.41, 5.74) is 7.52. The van der Waals surface area contributed by atoms with Crippen LogP contribution in [0.1, 0.15) is 156 Å². The number of nitrogens with two attached hydrogens (primary N) is 1. The van der Waals surface area contributed by atoms with Crippen LogP contribution in [0.3, 0.4) is 0 Å². The number of para-hydroxylation sites is 1. The van der Waals surface area contributed by atoms with E-state index >= 15 is 0 Å². The van der Waals surface area contributed by atoms with E-state index in [1.165, 1.54) is 12.1 Å². The molecule has 1 saturated heterocycles. The number of phenolic OH excluding ortho intramolecular Hbond substituents is 1. The lowest BCUT2D eigenvalue weighted by Crippen LogP contribution is -2.53. The van der Waals surface area contributed by atoms with Crippen molar-refractivity contribution in [3.05, 3.63) is 77.6 Å². The quantitative estimate of drug-likeness (QED) is 0.0194. The molecule has 0 radical (unpaired) electrons. The van der Waals surface area contributed by atoms with Gasteiger partial charge in [0.2, 0.25) is 29.5 Å². The number of ketones is 5. The highest BCUT2D eigenvalue weighted by molar-refractivity contribution is 5.99. The standard InChI is InChI=1S/C67H93N9O13/c1-8-14-58(80)57-19-13-28-76(57)66(88)53(18-12-26-69-41(4)68)72-63(85)44(29-40(2)3)33-61(83)56(39-89-67(5,6)7)75-64(86)45(30-42-20-23-49(78)24-21-42)34-60(82)55(38-77)74-65(87)46(31-47-37-71-52-17-10-9-16-51(47)52)35-59(81)54(36-48-15-11-27-70-48)73-62(84)43-22-25-50(79)32-43/h9-10,15-17,20-21,23-24,27,37,40,43-46,53-57,71,77-78H,8,11-14,18-19,22,25-26,28-36,38-39H2,1-7H3,(H2,68,69)(H,72,85)(H,73,84)(H,74,87)(H,75,86). The number of H-pyrrole nitrogens is 1. The number of aromatic nitrogens is 1. The molecule has 2 aromatic carbocycles. The first-order valence-electron chi connectivity index (χ1n) is 31.5. The van der Waals surface area contributed by atoms with Gasteiger partial charge in [-0.25, -0.2) is 0 Å². The van der Waals surface area contributed by atoms with Crippen molar-refractivity contribution in [2.45, 2.75) is 193 Å². The van der Waals surface area contributed by atoms with Crippen LogP contribution in [0.25, 0.3) is 10.9 Å². The first-order chi connectivity index (χ1) is 42.3. The van der Waals surface area contributed by atoms with E-state index in [1.54, 1.807) is 57.1 Å². The zero-order valence-corrected chi connectivity index (χ0v) is 52.8. The molecule has 3 heterocycles. The Hall–Kier alpha value is -7.72. The van der Waals surface area contributed by atoms with Crippen molar-refractivity contribution in [3.63, 3.8) is 0 Å².